The van der Waals surface area contributed by atoms with E-state index in [2.05, 4.69) is 36.1 Å². The SMILES string of the molecule is CC(CN)c1ccc(CCN2CCOCC2)cc1. The maximum Gasteiger partial charge on any atom is 0.0594 e. The van der Waals surface area contributed by atoms with Crippen molar-refractivity contribution in [3.63, 3.8) is 0 Å². The van der Waals surface area contributed by atoms with Crippen molar-refractivity contribution in [3.05, 3.63) is 35.4 Å². The van der Waals surface area contributed by atoms with Gasteiger partial charge in [0.25, 0.3) is 0 Å². The average Bonchev–Trinajstić information content (AvgIpc) is 2.46. The van der Waals surface area contributed by atoms with Crippen LogP contribution < -0.4 is 5.73 Å². The van der Waals surface area contributed by atoms with Crippen molar-refractivity contribution in [1.29, 1.82) is 0 Å². The van der Waals surface area contributed by atoms with Gasteiger partial charge in [-0.2, -0.15) is 0 Å². The van der Waals surface area contributed by atoms with Gasteiger partial charge in [0.2, 0.25) is 0 Å². The molecular formula is C15H24N2O. The maximum atomic E-state index is 5.68. The standard InChI is InChI=1S/C15H24N2O/c1-13(12-16)15-4-2-14(3-5-15)6-7-17-8-10-18-11-9-17/h2-5,13H,6-12,16H2,1H3. The normalized spacial score (nSPS) is 18.8. The molecule has 1 saturated heterocycles. The van der Waals surface area contributed by atoms with E-state index < -0.39 is 0 Å². The third-order valence-electron chi connectivity index (χ3n) is 3.72. The summed E-state index contributed by atoms with van der Waals surface area (Å²) >= 11 is 0. The Labute approximate surface area is 110 Å². The highest BCUT2D eigenvalue weighted by Crippen LogP contribution is 2.15. The van der Waals surface area contributed by atoms with E-state index in [9.17, 15) is 0 Å². The smallest absolute Gasteiger partial charge is 0.0594 e. The Morgan fingerprint density at radius 3 is 2.50 bits per heavy atom. The molecule has 2 rings (SSSR count). The highest BCUT2D eigenvalue weighted by Gasteiger charge is 2.10. The highest BCUT2D eigenvalue weighted by atomic mass is 16.5. The minimum atomic E-state index is 0.457. The summed E-state index contributed by atoms with van der Waals surface area (Å²) in [5.41, 5.74) is 8.43. The van der Waals surface area contributed by atoms with Crippen LogP contribution in [0.4, 0.5) is 0 Å². The van der Waals surface area contributed by atoms with Crippen molar-refractivity contribution in [2.75, 3.05) is 39.4 Å². The summed E-state index contributed by atoms with van der Waals surface area (Å²) in [6.07, 6.45) is 1.12. The van der Waals surface area contributed by atoms with Gasteiger partial charge in [-0.25, -0.2) is 0 Å². The van der Waals surface area contributed by atoms with E-state index in [1.807, 2.05) is 0 Å². The number of hydrogen-bond acceptors (Lipinski definition) is 3. The second kappa shape index (κ2) is 6.88. The lowest BCUT2D eigenvalue weighted by Gasteiger charge is -2.26. The molecular weight excluding hydrogens is 224 g/mol. The van der Waals surface area contributed by atoms with Gasteiger partial charge in [0.1, 0.15) is 0 Å². The fourth-order valence-corrected chi connectivity index (χ4v) is 2.26. The van der Waals surface area contributed by atoms with Crippen LogP contribution in [0.1, 0.15) is 24.0 Å². The van der Waals surface area contributed by atoms with Crippen molar-refractivity contribution in [2.24, 2.45) is 5.73 Å². The summed E-state index contributed by atoms with van der Waals surface area (Å²) in [6.45, 7) is 7.93. The Morgan fingerprint density at radius 1 is 1.22 bits per heavy atom. The molecule has 18 heavy (non-hydrogen) atoms. The summed E-state index contributed by atoms with van der Waals surface area (Å²) in [6, 6.07) is 8.90. The molecule has 1 heterocycles. The molecule has 1 aliphatic rings. The molecule has 2 N–H and O–H groups in total. The predicted octanol–water partition coefficient (Wildman–Crippen LogP) is 1.62. The average molecular weight is 248 g/mol. The summed E-state index contributed by atoms with van der Waals surface area (Å²) in [5, 5.41) is 0. The van der Waals surface area contributed by atoms with Crippen LogP contribution in [-0.2, 0) is 11.2 Å². The molecule has 0 radical (unpaired) electrons. The molecule has 1 unspecified atom stereocenters. The van der Waals surface area contributed by atoms with E-state index in [0.717, 1.165) is 39.3 Å². The molecule has 1 atom stereocenters. The predicted molar refractivity (Wildman–Crippen MR) is 74.9 cm³/mol. The van der Waals surface area contributed by atoms with E-state index >= 15 is 0 Å². The molecule has 1 aromatic carbocycles. The van der Waals surface area contributed by atoms with Gasteiger partial charge in [-0.05, 0) is 30.0 Å². The first-order chi connectivity index (χ1) is 8.79. The third kappa shape index (κ3) is 3.80. The van der Waals surface area contributed by atoms with Gasteiger partial charge in [-0.15, -0.1) is 0 Å². The van der Waals surface area contributed by atoms with Crippen molar-refractivity contribution in [2.45, 2.75) is 19.3 Å². The zero-order chi connectivity index (χ0) is 12.8. The van der Waals surface area contributed by atoms with Gasteiger partial charge in [-0.1, -0.05) is 31.2 Å². The Bertz CT molecular complexity index is 344. The monoisotopic (exact) mass is 248 g/mol. The van der Waals surface area contributed by atoms with Gasteiger partial charge in [0, 0.05) is 19.6 Å². The molecule has 0 saturated carbocycles. The first kappa shape index (κ1) is 13.5. The first-order valence-corrected chi connectivity index (χ1v) is 6.88. The van der Waals surface area contributed by atoms with E-state index in [1.54, 1.807) is 0 Å². The van der Waals surface area contributed by atoms with Crippen molar-refractivity contribution < 1.29 is 4.74 Å². The van der Waals surface area contributed by atoms with Crippen LogP contribution in [0.5, 0.6) is 0 Å². The zero-order valence-corrected chi connectivity index (χ0v) is 11.3. The van der Waals surface area contributed by atoms with Crippen LogP contribution in [0.2, 0.25) is 0 Å². The van der Waals surface area contributed by atoms with Gasteiger partial charge >= 0.3 is 0 Å². The lowest BCUT2D eigenvalue weighted by atomic mass is 9.99. The molecule has 3 heteroatoms. The molecule has 0 amide bonds. The highest BCUT2D eigenvalue weighted by molar-refractivity contribution is 5.25. The van der Waals surface area contributed by atoms with E-state index in [1.165, 1.54) is 11.1 Å². The molecule has 100 valence electrons. The van der Waals surface area contributed by atoms with Gasteiger partial charge < -0.3 is 10.5 Å². The summed E-state index contributed by atoms with van der Waals surface area (Å²) in [5.74, 6) is 0.457. The molecule has 0 aliphatic carbocycles. The number of benzene rings is 1. The van der Waals surface area contributed by atoms with Crippen LogP contribution >= 0.6 is 0 Å². The molecule has 1 aromatic rings. The minimum absolute atomic E-state index is 0.457. The van der Waals surface area contributed by atoms with Crippen molar-refractivity contribution in [3.8, 4) is 0 Å². The summed E-state index contributed by atoms with van der Waals surface area (Å²) < 4.78 is 5.35. The number of rotatable bonds is 5. The quantitative estimate of drug-likeness (QED) is 0.860. The van der Waals surface area contributed by atoms with Crippen LogP contribution in [-0.4, -0.2) is 44.3 Å². The number of nitrogens with zero attached hydrogens (tertiary/aromatic N) is 1. The first-order valence-electron chi connectivity index (χ1n) is 6.88. The second-order valence-electron chi connectivity index (χ2n) is 5.08. The third-order valence-corrected chi connectivity index (χ3v) is 3.72. The molecule has 1 fully saturated rings. The van der Waals surface area contributed by atoms with Crippen LogP contribution in [0.3, 0.4) is 0 Å². The lowest BCUT2D eigenvalue weighted by molar-refractivity contribution is 0.0384. The zero-order valence-electron chi connectivity index (χ0n) is 11.3. The Morgan fingerprint density at radius 2 is 1.89 bits per heavy atom. The van der Waals surface area contributed by atoms with Gasteiger partial charge in [0.05, 0.1) is 13.2 Å². The van der Waals surface area contributed by atoms with E-state index in [-0.39, 0.29) is 0 Å². The minimum Gasteiger partial charge on any atom is -0.379 e. The topological polar surface area (TPSA) is 38.5 Å². The van der Waals surface area contributed by atoms with Crippen LogP contribution in [0, 0.1) is 0 Å². The summed E-state index contributed by atoms with van der Waals surface area (Å²) in [7, 11) is 0. The lowest BCUT2D eigenvalue weighted by Crippen LogP contribution is -2.37. The largest absolute Gasteiger partial charge is 0.379 e. The maximum absolute atomic E-state index is 5.68. The number of morpholine rings is 1. The summed E-state index contributed by atoms with van der Waals surface area (Å²) in [4.78, 5) is 2.47. The van der Waals surface area contributed by atoms with Crippen molar-refractivity contribution in [1.82, 2.24) is 4.90 Å². The van der Waals surface area contributed by atoms with Gasteiger partial charge in [-0.3, -0.25) is 4.90 Å². The van der Waals surface area contributed by atoms with E-state index in [0.29, 0.717) is 12.5 Å². The Balaban J connectivity index is 1.82. The fraction of sp³-hybridized carbons (Fsp3) is 0.600. The number of hydrogen-bond donors (Lipinski definition) is 1. The van der Waals surface area contributed by atoms with Crippen LogP contribution in [0.15, 0.2) is 24.3 Å². The molecule has 3 nitrogen and oxygen atoms in total. The Kier molecular flexibility index (Phi) is 5.17. The molecule has 0 bridgehead atoms. The fourth-order valence-electron chi connectivity index (χ4n) is 2.26. The second-order valence-corrected chi connectivity index (χ2v) is 5.08. The van der Waals surface area contributed by atoms with Crippen molar-refractivity contribution >= 4 is 0 Å². The van der Waals surface area contributed by atoms with E-state index in [4.69, 9.17) is 10.5 Å². The van der Waals surface area contributed by atoms with Gasteiger partial charge in [0.15, 0.2) is 0 Å². The molecule has 1 aliphatic heterocycles. The molecule has 0 aromatic heterocycles. The number of ether oxygens (including phenoxy) is 1. The Hall–Kier alpha value is -0.900. The molecule has 0 spiro atoms. The number of nitrogens with two attached hydrogens (primary N) is 1. The van der Waals surface area contributed by atoms with Crippen LogP contribution in [0.25, 0.3) is 0 Å².